The van der Waals surface area contributed by atoms with E-state index in [1.54, 1.807) is 0 Å². The zero-order chi connectivity index (χ0) is 16.4. The van der Waals surface area contributed by atoms with E-state index >= 15 is 0 Å². The summed E-state index contributed by atoms with van der Waals surface area (Å²) in [7, 11) is 0.672. The van der Waals surface area contributed by atoms with Gasteiger partial charge in [0.05, 0.1) is 6.10 Å². The minimum atomic E-state index is -1.26. The number of ether oxygens (including phenoxy) is 1. The molecule has 4 fully saturated rings. The van der Waals surface area contributed by atoms with Crippen molar-refractivity contribution >= 4 is 8.24 Å². The SMILES string of the molecule is COC1CCC2C(C1)C1C(C)C3CCCCC3C1N2[Si](C)(C)C. The van der Waals surface area contributed by atoms with Gasteiger partial charge in [0.25, 0.3) is 0 Å². The molecule has 4 aliphatic rings. The van der Waals surface area contributed by atoms with Gasteiger partial charge in [0.15, 0.2) is 0 Å². The maximum atomic E-state index is 5.82. The first kappa shape index (κ1) is 16.6. The minimum absolute atomic E-state index is 0.535. The normalized spacial score (nSPS) is 50.5. The topological polar surface area (TPSA) is 12.5 Å². The predicted molar refractivity (Wildman–Crippen MR) is 99.0 cm³/mol. The van der Waals surface area contributed by atoms with Crippen LogP contribution in [-0.2, 0) is 4.74 Å². The lowest BCUT2D eigenvalue weighted by Crippen LogP contribution is -2.56. The average Bonchev–Trinajstić information content (AvgIpc) is 3.01. The Kier molecular flexibility index (Phi) is 4.22. The average molecular weight is 336 g/mol. The highest BCUT2D eigenvalue weighted by Gasteiger charge is 2.63. The van der Waals surface area contributed by atoms with Gasteiger partial charge in [-0.25, -0.2) is 0 Å². The Labute approximate surface area is 144 Å². The minimum Gasteiger partial charge on any atom is -0.381 e. The van der Waals surface area contributed by atoms with Crippen LogP contribution in [0.15, 0.2) is 0 Å². The summed E-state index contributed by atoms with van der Waals surface area (Å²) in [5, 5.41) is 0. The molecule has 0 bridgehead atoms. The molecule has 23 heavy (non-hydrogen) atoms. The fourth-order valence-corrected chi connectivity index (χ4v) is 10.0. The molecule has 8 unspecified atom stereocenters. The van der Waals surface area contributed by atoms with Gasteiger partial charge in [0.2, 0.25) is 0 Å². The first-order chi connectivity index (χ1) is 10.9. The van der Waals surface area contributed by atoms with Gasteiger partial charge in [-0.15, -0.1) is 0 Å². The van der Waals surface area contributed by atoms with Crippen LogP contribution in [0.4, 0.5) is 0 Å². The molecule has 3 heteroatoms. The molecule has 2 nitrogen and oxygen atoms in total. The Hall–Kier alpha value is 0.137. The molecule has 0 aromatic rings. The van der Waals surface area contributed by atoms with Crippen LogP contribution >= 0.6 is 0 Å². The molecule has 132 valence electrons. The summed E-state index contributed by atoms with van der Waals surface area (Å²) in [5.41, 5.74) is 0. The van der Waals surface area contributed by atoms with Gasteiger partial charge in [-0.1, -0.05) is 39.4 Å². The molecule has 0 aromatic carbocycles. The molecule has 8 atom stereocenters. The van der Waals surface area contributed by atoms with Crippen LogP contribution in [0, 0.1) is 29.6 Å². The van der Waals surface area contributed by atoms with Crippen molar-refractivity contribution < 1.29 is 4.74 Å². The van der Waals surface area contributed by atoms with Crippen LogP contribution in [0.25, 0.3) is 0 Å². The molecule has 0 amide bonds. The van der Waals surface area contributed by atoms with Gasteiger partial charge in [0.1, 0.15) is 8.24 Å². The summed E-state index contributed by atoms with van der Waals surface area (Å²) in [4.78, 5) is 0. The van der Waals surface area contributed by atoms with Gasteiger partial charge in [0, 0.05) is 19.2 Å². The Morgan fingerprint density at radius 3 is 2.26 bits per heavy atom. The molecule has 1 saturated heterocycles. The highest BCUT2D eigenvalue weighted by atomic mass is 28.3. The summed E-state index contributed by atoms with van der Waals surface area (Å²) in [6.07, 6.45) is 10.6. The lowest BCUT2D eigenvalue weighted by molar-refractivity contribution is 0.0234. The van der Waals surface area contributed by atoms with Crippen molar-refractivity contribution in [3.05, 3.63) is 0 Å². The molecule has 0 N–H and O–H groups in total. The predicted octanol–water partition coefficient (Wildman–Crippen LogP) is 4.76. The van der Waals surface area contributed by atoms with E-state index < -0.39 is 8.24 Å². The van der Waals surface area contributed by atoms with E-state index in [0.29, 0.717) is 6.10 Å². The van der Waals surface area contributed by atoms with E-state index in [-0.39, 0.29) is 0 Å². The van der Waals surface area contributed by atoms with Crippen LogP contribution < -0.4 is 0 Å². The van der Waals surface area contributed by atoms with E-state index in [1.165, 1.54) is 44.9 Å². The summed E-state index contributed by atoms with van der Waals surface area (Å²) >= 11 is 0. The second kappa shape index (κ2) is 5.84. The van der Waals surface area contributed by atoms with Crippen LogP contribution in [0.1, 0.15) is 51.9 Å². The van der Waals surface area contributed by atoms with Crippen molar-refractivity contribution in [2.75, 3.05) is 7.11 Å². The van der Waals surface area contributed by atoms with E-state index in [4.69, 9.17) is 4.74 Å². The van der Waals surface area contributed by atoms with Crippen molar-refractivity contribution in [2.45, 2.75) is 89.7 Å². The molecule has 0 radical (unpaired) electrons. The molecule has 3 aliphatic carbocycles. The van der Waals surface area contributed by atoms with Crippen LogP contribution in [-0.4, -0.2) is 38.1 Å². The number of methoxy groups -OCH3 is 1. The van der Waals surface area contributed by atoms with E-state index in [0.717, 1.165) is 41.7 Å². The number of nitrogens with zero attached hydrogens (tertiary/aromatic N) is 1. The third-order valence-corrected chi connectivity index (χ3v) is 10.3. The fourth-order valence-electron chi connectivity index (χ4n) is 7.47. The van der Waals surface area contributed by atoms with Gasteiger partial charge >= 0.3 is 0 Å². The van der Waals surface area contributed by atoms with Crippen molar-refractivity contribution in [3.63, 3.8) is 0 Å². The van der Waals surface area contributed by atoms with Gasteiger partial charge in [-0.3, -0.25) is 0 Å². The Morgan fingerprint density at radius 2 is 1.61 bits per heavy atom. The Balaban J connectivity index is 1.70. The Bertz CT molecular complexity index is 447. The second-order valence-corrected chi connectivity index (χ2v) is 14.9. The number of rotatable bonds is 2. The van der Waals surface area contributed by atoms with Crippen molar-refractivity contribution in [1.82, 2.24) is 4.57 Å². The number of fused-ring (bicyclic) bond motifs is 5. The van der Waals surface area contributed by atoms with Crippen molar-refractivity contribution in [2.24, 2.45) is 29.6 Å². The highest BCUT2D eigenvalue weighted by molar-refractivity contribution is 6.73. The molecule has 4 rings (SSSR count). The number of hydrogen-bond donors (Lipinski definition) is 0. The Morgan fingerprint density at radius 1 is 0.913 bits per heavy atom. The maximum Gasteiger partial charge on any atom is 0.119 e. The third kappa shape index (κ3) is 2.48. The lowest BCUT2D eigenvalue weighted by Gasteiger charge is -2.46. The summed E-state index contributed by atoms with van der Waals surface area (Å²) in [5.74, 6) is 4.89. The molecular weight excluding hydrogens is 298 g/mol. The first-order valence-electron chi connectivity index (χ1n) is 10.2. The first-order valence-corrected chi connectivity index (χ1v) is 13.7. The molecule has 0 aromatic heterocycles. The zero-order valence-electron chi connectivity index (χ0n) is 15.9. The van der Waals surface area contributed by atoms with Gasteiger partial charge in [-0.2, -0.15) is 0 Å². The van der Waals surface area contributed by atoms with E-state index in [2.05, 4.69) is 31.1 Å². The van der Waals surface area contributed by atoms with Crippen LogP contribution in [0.2, 0.25) is 19.6 Å². The van der Waals surface area contributed by atoms with Crippen LogP contribution in [0.3, 0.4) is 0 Å². The second-order valence-electron chi connectivity index (χ2n) is 10.0. The maximum absolute atomic E-state index is 5.82. The smallest absolute Gasteiger partial charge is 0.119 e. The van der Waals surface area contributed by atoms with E-state index in [9.17, 15) is 0 Å². The lowest BCUT2D eigenvalue weighted by atomic mass is 9.72. The van der Waals surface area contributed by atoms with Crippen molar-refractivity contribution in [3.8, 4) is 0 Å². The fraction of sp³-hybridized carbons (Fsp3) is 1.00. The largest absolute Gasteiger partial charge is 0.381 e. The quantitative estimate of drug-likeness (QED) is 0.675. The molecular formula is C20H37NOSi. The van der Waals surface area contributed by atoms with Crippen molar-refractivity contribution in [1.29, 1.82) is 0 Å². The summed E-state index contributed by atoms with van der Waals surface area (Å²) < 4.78 is 8.97. The van der Waals surface area contributed by atoms with Gasteiger partial charge < -0.3 is 9.30 Å². The monoisotopic (exact) mass is 335 g/mol. The summed E-state index contributed by atoms with van der Waals surface area (Å²) in [6, 6.07) is 1.81. The number of hydrogen-bond acceptors (Lipinski definition) is 2. The zero-order valence-corrected chi connectivity index (χ0v) is 16.9. The molecule has 1 heterocycles. The van der Waals surface area contributed by atoms with E-state index in [1.807, 2.05) is 7.11 Å². The molecule has 3 saturated carbocycles. The highest BCUT2D eigenvalue weighted by Crippen LogP contribution is 2.61. The molecule has 1 aliphatic heterocycles. The standard InChI is InChI=1S/C20H37NOSi/c1-13-15-8-6-7-9-16(15)20-19(13)17-12-14(22-2)10-11-18(17)21(20)23(3,4)5/h13-20H,6-12H2,1-5H3. The van der Waals surface area contributed by atoms with Gasteiger partial charge in [-0.05, 0) is 61.7 Å². The van der Waals surface area contributed by atoms with Crippen LogP contribution in [0.5, 0.6) is 0 Å². The third-order valence-electron chi connectivity index (χ3n) is 8.08. The molecule has 0 spiro atoms. The summed E-state index contributed by atoms with van der Waals surface area (Å²) in [6.45, 7) is 10.4.